The van der Waals surface area contributed by atoms with E-state index in [0.717, 1.165) is 5.56 Å². The van der Waals surface area contributed by atoms with E-state index in [9.17, 15) is 9.50 Å². The molecule has 0 fully saturated rings. The monoisotopic (exact) mass is 241 g/mol. The second kappa shape index (κ2) is 5.47. The number of rotatable bonds is 5. The van der Waals surface area contributed by atoms with Gasteiger partial charge in [0.1, 0.15) is 11.6 Å². The van der Waals surface area contributed by atoms with Crippen LogP contribution in [0, 0.1) is 5.82 Å². The van der Waals surface area contributed by atoms with Gasteiger partial charge in [-0.1, -0.05) is 6.07 Å². The lowest BCUT2D eigenvalue weighted by atomic mass is 10.1. The molecule has 0 saturated heterocycles. The van der Waals surface area contributed by atoms with Crippen molar-refractivity contribution in [3.05, 3.63) is 29.6 Å². The summed E-state index contributed by atoms with van der Waals surface area (Å²) in [5.41, 5.74) is 5.75. The van der Waals surface area contributed by atoms with Gasteiger partial charge in [-0.25, -0.2) is 4.39 Å². The lowest BCUT2D eigenvalue weighted by molar-refractivity contribution is 0.0551. The Morgan fingerprint density at radius 1 is 1.47 bits per heavy atom. The van der Waals surface area contributed by atoms with Gasteiger partial charge in [0.25, 0.3) is 0 Å². The van der Waals surface area contributed by atoms with Gasteiger partial charge in [0.05, 0.1) is 12.2 Å². The normalized spacial score (nSPS) is 13.5. The van der Waals surface area contributed by atoms with Gasteiger partial charge >= 0.3 is 0 Å². The van der Waals surface area contributed by atoms with E-state index in [4.69, 9.17) is 10.5 Å². The zero-order valence-electron chi connectivity index (χ0n) is 10.5. The Morgan fingerprint density at radius 3 is 2.65 bits per heavy atom. The van der Waals surface area contributed by atoms with Gasteiger partial charge in [0, 0.05) is 24.1 Å². The number of nitrogens with two attached hydrogens (primary N) is 1. The predicted molar refractivity (Wildman–Crippen MR) is 65.4 cm³/mol. The van der Waals surface area contributed by atoms with E-state index in [1.807, 2.05) is 6.92 Å². The summed E-state index contributed by atoms with van der Waals surface area (Å²) >= 11 is 0. The van der Waals surface area contributed by atoms with Gasteiger partial charge < -0.3 is 15.6 Å². The molecule has 3 N–H and O–H groups in total. The van der Waals surface area contributed by atoms with E-state index >= 15 is 0 Å². The van der Waals surface area contributed by atoms with Crippen LogP contribution in [0.1, 0.15) is 38.8 Å². The molecule has 0 bridgehead atoms. The van der Waals surface area contributed by atoms with Crippen molar-refractivity contribution < 1.29 is 14.2 Å². The maximum Gasteiger partial charge on any atom is 0.126 e. The molecule has 3 nitrogen and oxygen atoms in total. The van der Waals surface area contributed by atoms with Gasteiger partial charge in [0.2, 0.25) is 0 Å². The number of ether oxygens (including phenoxy) is 1. The van der Waals surface area contributed by atoms with Crippen LogP contribution in [0.25, 0.3) is 0 Å². The number of hydrogen-bond acceptors (Lipinski definition) is 3. The zero-order valence-corrected chi connectivity index (χ0v) is 10.5. The Hall–Kier alpha value is -1.13. The molecule has 1 atom stereocenters. The summed E-state index contributed by atoms with van der Waals surface area (Å²) in [6.07, 6.45) is 0.474. The van der Waals surface area contributed by atoms with Crippen molar-refractivity contribution in [1.82, 2.24) is 0 Å². The Labute approximate surface area is 101 Å². The molecule has 0 aliphatic rings. The molecule has 0 aliphatic carbocycles. The minimum absolute atomic E-state index is 0.215. The average Bonchev–Trinajstić information content (AvgIpc) is 2.15. The van der Waals surface area contributed by atoms with Crippen molar-refractivity contribution in [1.29, 1.82) is 0 Å². The molecular weight excluding hydrogens is 221 g/mol. The number of aliphatic hydroxyl groups is 1. The topological polar surface area (TPSA) is 55.5 Å². The molecule has 0 aromatic heterocycles. The van der Waals surface area contributed by atoms with E-state index in [1.54, 1.807) is 19.9 Å². The lowest BCUT2D eigenvalue weighted by Gasteiger charge is -2.19. The molecule has 4 heteroatoms. The van der Waals surface area contributed by atoms with Crippen LogP contribution >= 0.6 is 0 Å². The molecule has 1 aromatic carbocycles. The molecule has 0 heterocycles. The van der Waals surface area contributed by atoms with E-state index in [0.29, 0.717) is 18.8 Å². The van der Waals surface area contributed by atoms with Gasteiger partial charge in [0.15, 0.2) is 0 Å². The van der Waals surface area contributed by atoms with Crippen LogP contribution in [0.4, 0.5) is 4.39 Å². The van der Waals surface area contributed by atoms with Crippen LogP contribution in [0.15, 0.2) is 18.2 Å². The Bertz CT molecular complexity index is 372. The van der Waals surface area contributed by atoms with Crippen molar-refractivity contribution in [3.8, 4) is 5.75 Å². The summed E-state index contributed by atoms with van der Waals surface area (Å²) in [6, 6.07) is 4.09. The van der Waals surface area contributed by atoms with Crippen molar-refractivity contribution in [2.45, 2.75) is 38.8 Å². The van der Waals surface area contributed by atoms with E-state index in [1.165, 1.54) is 12.1 Å². The Kier molecular flexibility index (Phi) is 4.48. The molecule has 0 spiro atoms. The lowest BCUT2D eigenvalue weighted by Crippen LogP contribution is -2.22. The Balaban J connectivity index is 2.72. The summed E-state index contributed by atoms with van der Waals surface area (Å²) in [5.74, 6) is 0.0944. The van der Waals surface area contributed by atoms with Crippen molar-refractivity contribution in [2.75, 3.05) is 6.61 Å². The maximum absolute atomic E-state index is 13.1. The second-order valence-corrected chi connectivity index (χ2v) is 4.88. The Morgan fingerprint density at radius 2 is 2.12 bits per heavy atom. The molecule has 1 unspecified atom stereocenters. The van der Waals surface area contributed by atoms with E-state index in [2.05, 4.69) is 0 Å². The molecule has 1 aromatic rings. The molecular formula is C13H20FNO2. The van der Waals surface area contributed by atoms with Crippen LogP contribution in [0.3, 0.4) is 0 Å². The highest BCUT2D eigenvalue weighted by molar-refractivity contribution is 5.36. The minimum atomic E-state index is -0.790. The SMILES string of the molecule is CC(N)c1ccc(F)cc1OCCC(C)(C)O. The summed E-state index contributed by atoms with van der Waals surface area (Å²) in [4.78, 5) is 0. The fourth-order valence-corrected chi connectivity index (χ4v) is 1.42. The first-order valence-corrected chi connectivity index (χ1v) is 5.70. The summed E-state index contributed by atoms with van der Waals surface area (Å²) in [7, 11) is 0. The standard InChI is InChI=1S/C13H20FNO2/c1-9(15)11-5-4-10(14)8-12(11)17-7-6-13(2,3)16/h4-5,8-9,16H,6-7,15H2,1-3H3. The third-order valence-corrected chi connectivity index (χ3v) is 2.44. The third kappa shape index (κ3) is 4.71. The van der Waals surface area contributed by atoms with E-state index < -0.39 is 5.60 Å². The highest BCUT2D eigenvalue weighted by Crippen LogP contribution is 2.25. The first-order valence-electron chi connectivity index (χ1n) is 5.70. The van der Waals surface area contributed by atoms with Crippen molar-refractivity contribution in [2.24, 2.45) is 5.73 Å². The summed E-state index contributed by atoms with van der Waals surface area (Å²) < 4.78 is 18.6. The fourth-order valence-electron chi connectivity index (χ4n) is 1.42. The fraction of sp³-hybridized carbons (Fsp3) is 0.538. The van der Waals surface area contributed by atoms with Gasteiger partial charge in [-0.3, -0.25) is 0 Å². The van der Waals surface area contributed by atoms with Crippen molar-refractivity contribution >= 4 is 0 Å². The van der Waals surface area contributed by atoms with Gasteiger partial charge in [-0.05, 0) is 26.8 Å². The quantitative estimate of drug-likeness (QED) is 0.832. The van der Waals surface area contributed by atoms with Gasteiger partial charge in [-0.15, -0.1) is 0 Å². The maximum atomic E-state index is 13.1. The zero-order chi connectivity index (χ0) is 13.1. The van der Waals surface area contributed by atoms with Crippen LogP contribution < -0.4 is 10.5 Å². The van der Waals surface area contributed by atoms with Crippen LogP contribution in [-0.4, -0.2) is 17.3 Å². The first-order chi connectivity index (χ1) is 7.79. The van der Waals surface area contributed by atoms with Gasteiger partial charge in [-0.2, -0.15) is 0 Å². The van der Waals surface area contributed by atoms with Crippen molar-refractivity contribution in [3.63, 3.8) is 0 Å². The number of halogens is 1. The molecule has 0 amide bonds. The number of benzene rings is 1. The molecule has 96 valence electrons. The molecule has 0 radical (unpaired) electrons. The molecule has 1 rings (SSSR count). The number of hydrogen-bond donors (Lipinski definition) is 2. The highest BCUT2D eigenvalue weighted by Gasteiger charge is 2.14. The largest absolute Gasteiger partial charge is 0.493 e. The molecule has 0 saturated carbocycles. The minimum Gasteiger partial charge on any atom is -0.493 e. The summed E-state index contributed by atoms with van der Waals surface area (Å²) in [5, 5.41) is 9.55. The second-order valence-electron chi connectivity index (χ2n) is 4.88. The highest BCUT2D eigenvalue weighted by atomic mass is 19.1. The van der Waals surface area contributed by atoms with Crippen LogP contribution in [0.2, 0.25) is 0 Å². The van der Waals surface area contributed by atoms with Crippen LogP contribution in [-0.2, 0) is 0 Å². The van der Waals surface area contributed by atoms with Crippen LogP contribution in [0.5, 0.6) is 5.75 Å². The predicted octanol–water partition coefficient (Wildman–Crippen LogP) is 2.39. The molecule has 17 heavy (non-hydrogen) atoms. The summed E-state index contributed by atoms with van der Waals surface area (Å²) in [6.45, 7) is 5.55. The first kappa shape index (κ1) is 13.9. The third-order valence-electron chi connectivity index (χ3n) is 2.44. The molecule has 0 aliphatic heterocycles. The smallest absolute Gasteiger partial charge is 0.126 e. The average molecular weight is 241 g/mol. The van der Waals surface area contributed by atoms with E-state index in [-0.39, 0.29) is 11.9 Å².